The summed E-state index contributed by atoms with van der Waals surface area (Å²) in [6.07, 6.45) is 0. The van der Waals surface area contributed by atoms with Crippen molar-refractivity contribution in [1.29, 1.82) is 0 Å². The molecule has 0 saturated carbocycles. The van der Waals surface area contributed by atoms with Crippen molar-refractivity contribution in [3.8, 4) is 5.75 Å². The first kappa shape index (κ1) is 17.3. The molecule has 0 aliphatic carbocycles. The van der Waals surface area contributed by atoms with Gasteiger partial charge >= 0.3 is 5.97 Å². The molecule has 1 heterocycles. The fraction of sp³-hybridized carbons (Fsp3) is 0.158. The second kappa shape index (κ2) is 7.60. The van der Waals surface area contributed by atoms with Crippen LogP contribution in [0.5, 0.6) is 5.75 Å². The first-order valence-electron chi connectivity index (χ1n) is 7.92. The van der Waals surface area contributed by atoms with Crippen LogP contribution in [0.25, 0.3) is 11.0 Å². The normalized spacial score (nSPS) is 10.5. The molecule has 0 spiro atoms. The van der Waals surface area contributed by atoms with Gasteiger partial charge in [-0.1, -0.05) is 30.3 Å². The number of carbonyl (C=O) groups excluding carboxylic acids is 2. The Kier molecular flexibility index (Phi) is 5.07. The molecular formula is C19H16N2O5. The van der Waals surface area contributed by atoms with Crippen LogP contribution in [0, 0.1) is 5.21 Å². The third-order valence-electron chi connectivity index (χ3n) is 3.64. The molecule has 2 aromatic carbocycles. The number of ketones is 1. The molecule has 0 radical (unpaired) electrons. The van der Waals surface area contributed by atoms with Crippen molar-refractivity contribution in [1.82, 2.24) is 4.98 Å². The fourth-order valence-electron chi connectivity index (χ4n) is 2.46. The van der Waals surface area contributed by atoms with Gasteiger partial charge in [0.25, 0.3) is 5.69 Å². The van der Waals surface area contributed by atoms with E-state index < -0.39 is 11.8 Å². The lowest BCUT2D eigenvalue weighted by Gasteiger charge is -2.11. The molecule has 7 nitrogen and oxygen atoms in total. The van der Waals surface area contributed by atoms with Crippen molar-refractivity contribution < 1.29 is 23.8 Å². The van der Waals surface area contributed by atoms with Crippen LogP contribution in [0.4, 0.5) is 0 Å². The van der Waals surface area contributed by atoms with E-state index in [0.717, 1.165) is 0 Å². The number of benzene rings is 2. The van der Waals surface area contributed by atoms with Crippen LogP contribution < -0.4 is 9.47 Å². The Balaban J connectivity index is 1.74. The van der Waals surface area contributed by atoms with E-state index >= 15 is 0 Å². The van der Waals surface area contributed by atoms with Crippen molar-refractivity contribution in [2.45, 2.75) is 13.5 Å². The van der Waals surface area contributed by atoms with Crippen LogP contribution in [0.1, 0.15) is 23.1 Å². The van der Waals surface area contributed by atoms with Crippen molar-refractivity contribution in [3.63, 3.8) is 0 Å². The van der Waals surface area contributed by atoms with Crippen LogP contribution >= 0.6 is 0 Å². The van der Waals surface area contributed by atoms with Gasteiger partial charge in [-0.3, -0.25) is 4.79 Å². The maximum absolute atomic E-state index is 12.4. The van der Waals surface area contributed by atoms with E-state index in [1.165, 1.54) is 6.92 Å². The molecular weight excluding hydrogens is 336 g/mol. The molecule has 3 aromatic rings. The molecule has 7 heteroatoms. The molecule has 0 aliphatic rings. The Hall–Kier alpha value is -3.48. The largest absolute Gasteiger partial charge is 0.618 e. The number of Topliss-reactive ketones (excluding diaryl/α,β-unsaturated/α-hetero) is 1. The number of hydrogen-bond acceptors (Lipinski definition) is 6. The number of para-hydroxylation sites is 3. The summed E-state index contributed by atoms with van der Waals surface area (Å²) < 4.78 is 10.9. The molecule has 132 valence electrons. The topological polar surface area (TPSA) is 92.4 Å². The third-order valence-corrected chi connectivity index (χ3v) is 3.64. The predicted molar refractivity (Wildman–Crippen MR) is 92.4 cm³/mol. The summed E-state index contributed by atoms with van der Waals surface area (Å²) in [5, 5.41) is 12.4. The molecule has 0 saturated heterocycles. The quantitative estimate of drug-likeness (QED) is 0.292. The van der Waals surface area contributed by atoms with Crippen molar-refractivity contribution in [2.75, 3.05) is 6.61 Å². The molecule has 0 N–H and O–H groups in total. The van der Waals surface area contributed by atoms with Gasteiger partial charge in [-0.25, -0.2) is 9.78 Å². The summed E-state index contributed by atoms with van der Waals surface area (Å²) >= 11 is 0. The second-order valence-corrected chi connectivity index (χ2v) is 5.51. The third kappa shape index (κ3) is 3.77. The first-order valence-corrected chi connectivity index (χ1v) is 7.92. The molecule has 0 aliphatic heterocycles. The van der Waals surface area contributed by atoms with E-state index in [0.29, 0.717) is 16.0 Å². The molecule has 0 unspecified atom stereocenters. The Morgan fingerprint density at radius 2 is 1.77 bits per heavy atom. The highest BCUT2D eigenvalue weighted by atomic mass is 16.6. The predicted octanol–water partition coefficient (Wildman–Crippen LogP) is 2.19. The van der Waals surface area contributed by atoms with Gasteiger partial charge in [0.05, 0.1) is 0 Å². The van der Waals surface area contributed by atoms with Crippen LogP contribution in [-0.2, 0) is 16.1 Å². The van der Waals surface area contributed by atoms with Crippen LogP contribution in [-0.4, -0.2) is 23.3 Å². The van der Waals surface area contributed by atoms with Crippen molar-refractivity contribution >= 4 is 22.8 Å². The maximum Gasteiger partial charge on any atom is 0.344 e. The molecule has 26 heavy (non-hydrogen) atoms. The summed E-state index contributed by atoms with van der Waals surface area (Å²) in [6.45, 7) is 0.688. The van der Waals surface area contributed by atoms with Gasteiger partial charge in [0.15, 0.2) is 12.3 Å². The number of rotatable bonds is 6. The average molecular weight is 352 g/mol. The number of esters is 1. The van der Waals surface area contributed by atoms with Gasteiger partial charge < -0.3 is 14.7 Å². The van der Waals surface area contributed by atoms with E-state index in [4.69, 9.17) is 9.47 Å². The minimum atomic E-state index is -0.629. The summed E-state index contributed by atoms with van der Waals surface area (Å²) in [6, 6.07) is 15.5. The summed E-state index contributed by atoms with van der Waals surface area (Å²) in [4.78, 5) is 28.0. The van der Waals surface area contributed by atoms with Crippen molar-refractivity contribution in [2.24, 2.45) is 0 Å². The van der Waals surface area contributed by atoms with Gasteiger partial charge in [0.2, 0.25) is 11.3 Å². The van der Waals surface area contributed by atoms with E-state index in [9.17, 15) is 14.8 Å². The number of ether oxygens (including phenoxy) is 2. The van der Waals surface area contributed by atoms with Gasteiger partial charge in [-0.15, -0.1) is 0 Å². The monoisotopic (exact) mass is 352 g/mol. The molecule has 0 bridgehead atoms. The highest BCUT2D eigenvalue weighted by Gasteiger charge is 2.24. The molecule has 3 rings (SSSR count). The molecule has 0 atom stereocenters. The van der Waals surface area contributed by atoms with Gasteiger partial charge in [-0.2, -0.15) is 4.73 Å². The van der Waals surface area contributed by atoms with Gasteiger partial charge in [-0.05, 0) is 18.2 Å². The van der Waals surface area contributed by atoms with Gasteiger partial charge in [0.1, 0.15) is 17.9 Å². The smallest absolute Gasteiger partial charge is 0.344 e. The number of nitrogens with zero attached hydrogens (tertiary/aromatic N) is 2. The lowest BCUT2D eigenvalue weighted by atomic mass is 10.2. The Morgan fingerprint density at radius 3 is 2.50 bits per heavy atom. The zero-order valence-electron chi connectivity index (χ0n) is 14.0. The minimum Gasteiger partial charge on any atom is -0.618 e. The minimum absolute atomic E-state index is 0.110. The highest BCUT2D eigenvalue weighted by molar-refractivity contribution is 5.92. The SMILES string of the molecule is CC(=O)c1c(COC(=O)COc2ccccc2)nc2ccccc2[n+]1[O-]. The molecule has 0 amide bonds. The zero-order valence-corrected chi connectivity index (χ0v) is 14.0. The van der Waals surface area contributed by atoms with Crippen LogP contribution in [0.3, 0.4) is 0 Å². The van der Waals surface area contributed by atoms with E-state index in [2.05, 4.69) is 4.98 Å². The maximum atomic E-state index is 12.4. The first-order chi connectivity index (χ1) is 12.6. The number of carbonyl (C=O) groups is 2. The Labute approximate surface area is 149 Å². The lowest BCUT2D eigenvalue weighted by Crippen LogP contribution is -2.37. The number of fused-ring (bicyclic) bond motifs is 1. The second-order valence-electron chi connectivity index (χ2n) is 5.51. The summed E-state index contributed by atoms with van der Waals surface area (Å²) in [5.74, 6) is -0.546. The van der Waals surface area contributed by atoms with Crippen LogP contribution in [0.15, 0.2) is 54.6 Å². The fourth-order valence-corrected chi connectivity index (χ4v) is 2.46. The summed E-state index contributed by atoms with van der Waals surface area (Å²) in [7, 11) is 0. The highest BCUT2D eigenvalue weighted by Crippen LogP contribution is 2.13. The van der Waals surface area contributed by atoms with Crippen molar-refractivity contribution in [3.05, 3.63) is 71.2 Å². The van der Waals surface area contributed by atoms with E-state index in [1.807, 2.05) is 6.07 Å². The number of hydrogen-bond donors (Lipinski definition) is 0. The zero-order chi connectivity index (χ0) is 18.5. The molecule has 1 aromatic heterocycles. The van der Waals surface area contributed by atoms with Gasteiger partial charge in [0, 0.05) is 13.0 Å². The Bertz CT molecular complexity index is 957. The number of aromatic nitrogens is 2. The van der Waals surface area contributed by atoms with Crippen LogP contribution in [0.2, 0.25) is 0 Å². The summed E-state index contributed by atoms with van der Waals surface area (Å²) in [5.41, 5.74) is 0.666. The Morgan fingerprint density at radius 1 is 1.08 bits per heavy atom. The van der Waals surface area contributed by atoms with E-state index in [-0.39, 0.29) is 30.1 Å². The standard InChI is InChI=1S/C19H16N2O5/c1-13(22)19-16(20-15-9-5-6-10-17(15)21(19)24)11-26-18(23)12-25-14-7-3-2-4-8-14/h2-10H,11-12H2,1H3. The lowest BCUT2D eigenvalue weighted by molar-refractivity contribution is -0.580. The molecule has 0 fully saturated rings. The average Bonchev–Trinajstić information content (AvgIpc) is 2.65. The van der Waals surface area contributed by atoms with E-state index in [1.54, 1.807) is 48.5 Å².